The highest BCUT2D eigenvalue weighted by Gasteiger charge is 2.21. The Labute approximate surface area is 178 Å². The number of nitrogens with zero attached hydrogens (tertiary/aromatic N) is 3. The minimum atomic E-state index is -1.25. The van der Waals surface area contributed by atoms with Gasteiger partial charge >= 0.3 is 6.01 Å². The largest absolute Gasteiger partial charge is 0.418 e. The second-order valence-electron chi connectivity index (χ2n) is 6.66. The third kappa shape index (κ3) is 4.25. The fourth-order valence-electron chi connectivity index (χ4n) is 2.89. The van der Waals surface area contributed by atoms with Gasteiger partial charge in [-0.15, -0.1) is 0 Å². The number of anilines is 1. The first-order valence-corrected chi connectivity index (χ1v) is 9.46. The summed E-state index contributed by atoms with van der Waals surface area (Å²) in [6.45, 7) is 1.67. The van der Waals surface area contributed by atoms with Crippen molar-refractivity contribution >= 4 is 28.5 Å². The molecular formula is C20H15ClF3N5O2. The Balaban J connectivity index is 1.84. The molecule has 0 aliphatic rings. The summed E-state index contributed by atoms with van der Waals surface area (Å²) in [6.07, 6.45) is -0.725. The van der Waals surface area contributed by atoms with Crippen LogP contribution in [0.3, 0.4) is 0 Å². The Morgan fingerprint density at radius 1 is 1.16 bits per heavy atom. The highest BCUT2D eigenvalue weighted by Crippen LogP contribution is 2.36. The number of H-pyrrole nitrogens is 1. The van der Waals surface area contributed by atoms with Gasteiger partial charge in [-0.1, -0.05) is 29.8 Å². The van der Waals surface area contributed by atoms with E-state index in [-0.39, 0.29) is 18.0 Å². The van der Waals surface area contributed by atoms with E-state index in [1.807, 2.05) is 0 Å². The van der Waals surface area contributed by atoms with Gasteiger partial charge in [0.25, 0.3) is 0 Å². The fraction of sp³-hybridized carbons (Fsp3) is 0.150. The first-order valence-electron chi connectivity index (χ1n) is 9.09. The molecule has 1 atom stereocenters. The smallest absolute Gasteiger partial charge is 0.326 e. The standard InChI is InChI=1S/C20H15ClF3N5O2/c1-9(30)8-25-18-15-16(11-4-2-3-5-12(11)21)28-29-19(15)27-20(26-18)31-17-13(23)6-10(22)7-14(17)24/h2-7,9,30H,8H2,1H3,(H2,25,26,27,28,29)/t9-/m0/s1. The number of halogens is 4. The summed E-state index contributed by atoms with van der Waals surface area (Å²) in [7, 11) is 0. The molecule has 0 bridgehead atoms. The second-order valence-corrected chi connectivity index (χ2v) is 7.07. The summed E-state index contributed by atoms with van der Waals surface area (Å²) in [5, 5.41) is 20.4. The molecule has 3 N–H and O–H groups in total. The van der Waals surface area contributed by atoms with E-state index in [1.54, 1.807) is 31.2 Å². The van der Waals surface area contributed by atoms with E-state index in [2.05, 4.69) is 25.5 Å². The van der Waals surface area contributed by atoms with Crippen molar-refractivity contribution in [1.82, 2.24) is 20.2 Å². The molecule has 4 aromatic rings. The molecule has 0 amide bonds. The van der Waals surface area contributed by atoms with Crippen LogP contribution < -0.4 is 10.1 Å². The fourth-order valence-corrected chi connectivity index (χ4v) is 3.12. The van der Waals surface area contributed by atoms with Crippen molar-refractivity contribution in [3.05, 3.63) is 58.9 Å². The van der Waals surface area contributed by atoms with Crippen molar-refractivity contribution in [2.24, 2.45) is 0 Å². The Bertz CT molecular complexity index is 1240. The molecule has 0 aliphatic carbocycles. The molecular weight excluding hydrogens is 435 g/mol. The normalized spacial score (nSPS) is 12.2. The molecule has 2 aromatic heterocycles. The van der Waals surface area contributed by atoms with Crippen LogP contribution in [-0.2, 0) is 0 Å². The van der Waals surface area contributed by atoms with Crippen LogP contribution in [-0.4, -0.2) is 37.9 Å². The maximum atomic E-state index is 14.0. The molecule has 4 rings (SSSR count). The Hall–Kier alpha value is -3.37. The number of aromatic nitrogens is 4. The van der Waals surface area contributed by atoms with Gasteiger partial charge in [0.05, 0.1) is 16.5 Å². The van der Waals surface area contributed by atoms with E-state index in [4.69, 9.17) is 16.3 Å². The van der Waals surface area contributed by atoms with Gasteiger partial charge in [-0.3, -0.25) is 5.10 Å². The SMILES string of the molecule is C[C@H](O)CNc1nc(Oc2c(F)cc(F)cc2F)nc2[nH]nc(-c3ccccc3Cl)c12. The number of aromatic amines is 1. The van der Waals surface area contributed by atoms with Crippen LogP contribution >= 0.6 is 11.6 Å². The van der Waals surface area contributed by atoms with Crippen LogP contribution in [0.5, 0.6) is 11.8 Å². The van der Waals surface area contributed by atoms with E-state index in [0.717, 1.165) is 0 Å². The van der Waals surface area contributed by atoms with Crippen LogP contribution in [0.2, 0.25) is 5.02 Å². The van der Waals surface area contributed by atoms with Crippen LogP contribution in [0.4, 0.5) is 19.0 Å². The number of fused-ring (bicyclic) bond motifs is 1. The number of ether oxygens (including phenoxy) is 1. The average Bonchev–Trinajstić information content (AvgIpc) is 3.13. The highest BCUT2D eigenvalue weighted by atomic mass is 35.5. The van der Waals surface area contributed by atoms with Gasteiger partial charge in [0, 0.05) is 24.2 Å². The molecule has 0 saturated heterocycles. The van der Waals surface area contributed by atoms with Gasteiger partial charge in [0.2, 0.25) is 5.75 Å². The Morgan fingerprint density at radius 2 is 1.87 bits per heavy atom. The van der Waals surface area contributed by atoms with Crippen molar-refractivity contribution < 1.29 is 23.0 Å². The first-order chi connectivity index (χ1) is 14.8. The molecule has 2 aromatic carbocycles. The minimum absolute atomic E-state index is 0.109. The number of hydrogen-bond donors (Lipinski definition) is 3. The number of aliphatic hydroxyl groups is 1. The monoisotopic (exact) mass is 449 g/mol. The highest BCUT2D eigenvalue weighted by molar-refractivity contribution is 6.33. The Morgan fingerprint density at radius 3 is 2.55 bits per heavy atom. The predicted octanol–water partition coefficient (Wildman–Crippen LogP) is 4.68. The molecule has 0 saturated carbocycles. The maximum absolute atomic E-state index is 14.0. The van der Waals surface area contributed by atoms with Crippen molar-refractivity contribution in [1.29, 1.82) is 0 Å². The lowest BCUT2D eigenvalue weighted by Crippen LogP contribution is -2.16. The molecule has 160 valence electrons. The zero-order valence-electron chi connectivity index (χ0n) is 16.0. The van der Waals surface area contributed by atoms with Gasteiger partial charge in [0.1, 0.15) is 17.3 Å². The van der Waals surface area contributed by atoms with Crippen LogP contribution in [0.1, 0.15) is 6.92 Å². The number of aliphatic hydroxyl groups excluding tert-OH is 1. The third-order valence-corrected chi connectivity index (χ3v) is 4.58. The van der Waals surface area contributed by atoms with E-state index in [9.17, 15) is 18.3 Å². The zero-order chi connectivity index (χ0) is 22.1. The lowest BCUT2D eigenvalue weighted by Gasteiger charge is -2.12. The summed E-state index contributed by atoms with van der Waals surface area (Å²) >= 11 is 6.29. The van der Waals surface area contributed by atoms with Gasteiger partial charge in [-0.25, -0.2) is 13.2 Å². The van der Waals surface area contributed by atoms with Crippen molar-refractivity contribution in [3.8, 4) is 23.0 Å². The topological polar surface area (TPSA) is 96.0 Å². The van der Waals surface area contributed by atoms with Gasteiger partial charge in [0.15, 0.2) is 17.3 Å². The summed E-state index contributed by atoms with van der Waals surface area (Å²) in [5.41, 5.74) is 1.22. The van der Waals surface area contributed by atoms with Crippen LogP contribution in [0.15, 0.2) is 36.4 Å². The van der Waals surface area contributed by atoms with Crippen molar-refractivity contribution in [2.75, 3.05) is 11.9 Å². The predicted molar refractivity (Wildman–Crippen MR) is 109 cm³/mol. The molecule has 2 heterocycles. The second kappa shape index (κ2) is 8.40. The molecule has 0 spiro atoms. The third-order valence-electron chi connectivity index (χ3n) is 4.25. The zero-order valence-corrected chi connectivity index (χ0v) is 16.7. The quantitative estimate of drug-likeness (QED) is 0.395. The first kappa shape index (κ1) is 20.9. The van der Waals surface area contributed by atoms with E-state index in [0.29, 0.717) is 33.8 Å². The summed E-state index contributed by atoms with van der Waals surface area (Å²) in [6, 6.07) is 7.54. The summed E-state index contributed by atoms with van der Waals surface area (Å²) in [4.78, 5) is 8.29. The summed E-state index contributed by atoms with van der Waals surface area (Å²) in [5.74, 6) is -4.25. The molecule has 31 heavy (non-hydrogen) atoms. The molecule has 7 nitrogen and oxygen atoms in total. The molecule has 0 fully saturated rings. The number of nitrogens with one attached hydrogen (secondary N) is 2. The molecule has 0 radical (unpaired) electrons. The van der Waals surface area contributed by atoms with Gasteiger partial charge in [-0.05, 0) is 13.0 Å². The number of benzene rings is 2. The lowest BCUT2D eigenvalue weighted by atomic mass is 10.1. The van der Waals surface area contributed by atoms with E-state index < -0.39 is 35.3 Å². The summed E-state index contributed by atoms with van der Waals surface area (Å²) < 4.78 is 46.3. The maximum Gasteiger partial charge on any atom is 0.326 e. The minimum Gasteiger partial charge on any atom is -0.418 e. The van der Waals surface area contributed by atoms with E-state index in [1.165, 1.54) is 0 Å². The van der Waals surface area contributed by atoms with Crippen LogP contribution in [0.25, 0.3) is 22.3 Å². The van der Waals surface area contributed by atoms with E-state index >= 15 is 0 Å². The molecule has 0 aliphatic heterocycles. The number of rotatable bonds is 6. The number of hydrogen-bond acceptors (Lipinski definition) is 6. The molecule has 0 unspecified atom stereocenters. The molecule has 11 heteroatoms. The van der Waals surface area contributed by atoms with Gasteiger partial charge in [-0.2, -0.15) is 15.1 Å². The Kier molecular flexibility index (Phi) is 5.66. The lowest BCUT2D eigenvalue weighted by molar-refractivity contribution is 0.208. The van der Waals surface area contributed by atoms with Crippen molar-refractivity contribution in [3.63, 3.8) is 0 Å². The van der Waals surface area contributed by atoms with Crippen molar-refractivity contribution in [2.45, 2.75) is 13.0 Å². The van der Waals surface area contributed by atoms with Gasteiger partial charge < -0.3 is 15.2 Å². The average molecular weight is 450 g/mol. The van der Waals surface area contributed by atoms with Crippen LogP contribution in [0, 0.1) is 17.5 Å².